The van der Waals surface area contributed by atoms with Crippen molar-refractivity contribution in [2.45, 2.75) is 0 Å². The molecule has 16 heavy (non-hydrogen) atoms. The Morgan fingerprint density at radius 1 is 1.62 bits per heavy atom. The zero-order valence-electron chi connectivity index (χ0n) is 8.75. The van der Waals surface area contributed by atoms with Crippen LogP contribution in [0.3, 0.4) is 0 Å². The third kappa shape index (κ3) is 1.94. The zero-order valence-corrected chi connectivity index (χ0v) is 8.75. The van der Waals surface area contributed by atoms with Crippen molar-refractivity contribution in [2.75, 3.05) is 25.0 Å². The van der Waals surface area contributed by atoms with E-state index in [9.17, 15) is 4.79 Å². The van der Waals surface area contributed by atoms with Gasteiger partial charge in [0.1, 0.15) is 6.61 Å². The Kier molecular flexibility index (Phi) is 2.97. The predicted molar refractivity (Wildman–Crippen MR) is 61.6 cm³/mol. The first-order valence-corrected chi connectivity index (χ1v) is 5.04. The van der Waals surface area contributed by atoms with E-state index >= 15 is 0 Å². The summed E-state index contributed by atoms with van der Waals surface area (Å²) in [6.45, 7) is 1.53. The topological polar surface area (TPSA) is 50.4 Å². The van der Waals surface area contributed by atoms with E-state index in [1.54, 1.807) is 6.07 Å². The van der Waals surface area contributed by atoms with E-state index in [2.05, 4.69) is 16.6 Å². The molecule has 1 heterocycles. The molecule has 1 aliphatic heterocycles. The van der Waals surface area contributed by atoms with Crippen molar-refractivity contribution in [1.29, 1.82) is 0 Å². The van der Waals surface area contributed by atoms with Gasteiger partial charge in [0, 0.05) is 6.54 Å². The van der Waals surface area contributed by atoms with Crippen molar-refractivity contribution in [2.24, 2.45) is 0 Å². The Hall–Kier alpha value is -2.15. The van der Waals surface area contributed by atoms with Crippen LogP contribution in [-0.4, -0.2) is 25.6 Å². The van der Waals surface area contributed by atoms with Gasteiger partial charge >= 0.3 is 0 Å². The number of para-hydroxylation sites is 1. The van der Waals surface area contributed by atoms with Gasteiger partial charge in [0.15, 0.2) is 5.75 Å². The molecule has 2 rings (SSSR count). The van der Waals surface area contributed by atoms with Crippen molar-refractivity contribution in [3.05, 3.63) is 23.8 Å². The highest BCUT2D eigenvalue weighted by Gasteiger charge is 2.18. The highest BCUT2D eigenvalue weighted by molar-refractivity contribution is 5.99. The van der Waals surface area contributed by atoms with Gasteiger partial charge in [-0.05, 0) is 12.1 Å². The van der Waals surface area contributed by atoms with Gasteiger partial charge < -0.3 is 15.4 Å². The number of anilines is 1. The van der Waals surface area contributed by atoms with E-state index in [0.717, 1.165) is 12.2 Å². The molecular formula is C12H12N2O2. The quantitative estimate of drug-likeness (QED) is 0.721. The number of terminal acetylenes is 1. The van der Waals surface area contributed by atoms with Gasteiger partial charge in [0.05, 0.1) is 17.8 Å². The molecule has 4 nitrogen and oxygen atoms in total. The van der Waals surface area contributed by atoms with Crippen molar-refractivity contribution in [1.82, 2.24) is 5.32 Å². The van der Waals surface area contributed by atoms with E-state index in [1.165, 1.54) is 0 Å². The van der Waals surface area contributed by atoms with Crippen LogP contribution in [-0.2, 0) is 0 Å². The largest absolute Gasteiger partial charge is 0.489 e. The fraction of sp³-hybridized carbons (Fsp3) is 0.250. The highest BCUT2D eigenvalue weighted by atomic mass is 16.5. The van der Waals surface area contributed by atoms with Crippen LogP contribution in [0.2, 0.25) is 0 Å². The van der Waals surface area contributed by atoms with Crippen molar-refractivity contribution in [3.63, 3.8) is 0 Å². The van der Waals surface area contributed by atoms with Crippen LogP contribution in [0, 0.1) is 12.3 Å². The van der Waals surface area contributed by atoms with Crippen LogP contribution in [0.25, 0.3) is 0 Å². The minimum Gasteiger partial charge on any atom is -0.489 e. The molecule has 0 atom stereocenters. The standard InChI is InChI=1S/C12H12N2O2/c1-2-6-14-12(15)9-4-3-5-10-11(9)16-8-7-13-10/h1,3-5,13H,6-8H2,(H,14,15). The molecule has 1 amide bonds. The molecule has 0 aliphatic carbocycles. The highest BCUT2D eigenvalue weighted by Crippen LogP contribution is 2.30. The molecule has 0 saturated heterocycles. The zero-order chi connectivity index (χ0) is 11.4. The molecule has 4 heteroatoms. The molecular weight excluding hydrogens is 204 g/mol. The number of ether oxygens (including phenoxy) is 1. The van der Waals surface area contributed by atoms with E-state index in [-0.39, 0.29) is 12.5 Å². The fourth-order valence-corrected chi connectivity index (χ4v) is 1.58. The summed E-state index contributed by atoms with van der Waals surface area (Å²) in [5.41, 5.74) is 1.36. The predicted octanol–water partition coefficient (Wildman–Crippen LogP) is 0.854. The maximum Gasteiger partial charge on any atom is 0.255 e. The molecule has 0 unspecified atom stereocenters. The Labute approximate surface area is 94.0 Å². The van der Waals surface area contributed by atoms with Gasteiger partial charge in [-0.1, -0.05) is 12.0 Å². The number of benzene rings is 1. The number of hydrogen-bond acceptors (Lipinski definition) is 3. The Morgan fingerprint density at radius 2 is 2.50 bits per heavy atom. The maximum atomic E-state index is 11.8. The van der Waals surface area contributed by atoms with Crippen LogP contribution in [0.5, 0.6) is 5.75 Å². The second-order valence-corrected chi connectivity index (χ2v) is 3.34. The first kappa shape index (κ1) is 10.4. The number of fused-ring (bicyclic) bond motifs is 1. The molecule has 1 aliphatic rings. The van der Waals surface area contributed by atoms with Gasteiger partial charge in [-0.25, -0.2) is 0 Å². The van der Waals surface area contributed by atoms with Crippen LogP contribution in [0.1, 0.15) is 10.4 Å². The summed E-state index contributed by atoms with van der Waals surface area (Å²) in [6, 6.07) is 5.41. The summed E-state index contributed by atoms with van der Waals surface area (Å²) in [5, 5.41) is 5.78. The van der Waals surface area contributed by atoms with E-state index < -0.39 is 0 Å². The molecule has 1 aromatic carbocycles. The second-order valence-electron chi connectivity index (χ2n) is 3.34. The molecule has 0 bridgehead atoms. The smallest absolute Gasteiger partial charge is 0.255 e. The van der Waals surface area contributed by atoms with Gasteiger partial charge in [0.25, 0.3) is 5.91 Å². The van der Waals surface area contributed by atoms with Crippen molar-refractivity contribution in [3.8, 4) is 18.1 Å². The number of nitrogens with one attached hydrogen (secondary N) is 2. The van der Waals surface area contributed by atoms with E-state index in [4.69, 9.17) is 11.2 Å². The first-order valence-electron chi connectivity index (χ1n) is 5.04. The summed E-state index contributed by atoms with van der Waals surface area (Å²) in [6.07, 6.45) is 5.08. The lowest BCUT2D eigenvalue weighted by atomic mass is 10.1. The minimum atomic E-state index is -0.210. The SMILES string of the molecule is C#CCNC(=O)c1cccc2c1OCCN2. The van der Waals surface area contributed by atoms with Gasteiger partial charge in [-0.2, -0.15) is 0 Å². The average molecular weight is 216 g/mol. The monoisotopic (exact) mass is 216 g/mol. The summed E-state index contributed by atoms with van der Waals surface area (Å²) in [5.74, 6) is 2.75. The molecule has 2 N–H and O–H groups in total. The summed E-state index contributed by atoms with van der Waals surface area (Å²) >= 11 is 0. The third-order valence-corrected chi connectivity index (χ3v) is 2.27. The van der Waals surface area contributed by atoms with Gasteiger partial charge in [-0.15, -0.1) is 6.42 Å². The summed E-state index contributed by atoms with van der Waals surface area (Å²) in [7, 11) is 0. The Morgan fingerprint density at radius 3 is 3.31 bits per heavy atom. The number of carbonyl (C=O) groups excluding carboxylic acids is 1. The van der Waals surface area contributed by atoms with Crippen LogP contribution in [0.4, 0.5) is 5.69 Å². The molecule has 82 valence electrons. The number of rotatable bonds is 2. The van der Waals surface area contributed by atoms with Crippen LogP contribution >= 0.6 is 0 Å². The number of hydrogen-bond donors (Lipinski definition) is 2. The molecule has 0 radical (unpaired) electrons. The van der Waals surface area contributed by atoms with Crippen LogP contribution < -0.4 is 15.4 Å². The normalized spacial score (nSPS) is 12.7. The van der Waals surface area contributed by atoms with Crippen LogP contribution in [0.15, 0.2) is 18.2 Å². The Bertz CT molecular complexity index is 449. The molecule has 1 aromatic rings. The Balaban J connectivity index is 2.27. The number of carbonyl (C=O) groups is 1. The third-order valence-electron chi connectivity index (χ3n) is 2.27. The van der Waals surface area contributed by atoms with Gasteiger partial charge in [0.2, 0.25) is 0 Å². The van der Waals surface area contributed by atoms with E-state index in [1.807, 2.05) is 12.1 Å². The lowest BCUT2D eigenvalue weighted by molar-refractivity contribution is 0.0954. The lowest BCUT2D eigenvalue weighted by Gasteiger charge is -2.21. The molecule has 0 spiro atoms. The van der Waals surface area contributed by atoms with Gasteiger partial charge in [-0.3, -0.25) is 4.79 Å². The second kappa shape index (κ2) is 4.58. The lowest BCUT2D eigenvalue weighted by Crippen LogP contribution is -2.26. The summed E-state index contributed by atoms with van der Waals surface area (Å²) in [4.78, 5) is 11.8. The minimum absolute atomic E-state index is 0.210. The van der Waals surface area contributed by atoms with Crippen molar-refractivity contribution < 1.29 is 9.53 Å². The van der Waals surface area contributed by atoms with Crippen molar-refractivity contribution >= 4 is 11.6 Å². The first-order chi connectivity index (χ1) is 7.83. The van der Waals surface area contributed by atoms with E-state index in [0.29, 0.717) is 17.9 Å². The maximum absolute atomic E-state index is 11.8. The fourth-order valence-electron chi connectivity index (χ4n) is 1.58. The molecule has 0 fully saturated rings. The average Bonchev–Trinajstić information content (AvgIpc) is 2.35. The number of amides is 1. The molecule has 0 aromatic heterocycles. The molecule has 0 saturated carbocycles. The summed E-state index contributed by atoms with van der Waals surface area (Å²) < 4.78 is 5.48.